The predicted molar refractivity (Wildman–Crippen MR) is 46.9 cm³/mol. The number of carboxylic acid groups (broad SMARTS) is 1. The summed E-state index contributed by atoms with van der Waals surface area (Å²) in [6.45, 7) is 1.18. The molecular weight excluding hydrogens is 228 g/mol. The van der Waals surface area contributed by atoms with E-state index in [1.54, 1.807) is 0 Å². The van der Waals surface area contributed by atoms with Crippen LogP contribution in [-0.2, 0) is 4.79 Å². The van der Waals surface area contributed by atoms with Crippen LogP contribution in [0.5, 0.6) is 0 Å². The second-order valence-corrected chi connectivity index (χ2v) is 3.38. The van der Waals surface area contributed by atoms with E-state index in [0.717, 1.165) is 0 Å². The lowest BCUT2D eigenvalue weighted by atomic mass is 9.96. The molecule has 6 heteroatoms. The van der Waals surface area contributed by atoms with Crippen molar-refractivity contribution in [2.45, 2.75) is 19.3 Å². The van der Waals surface area contributed by atoms with Gasteiger partial charge in [0.15, 0.2) is 23.3 Å². The monoisotopic (exact) mass is 236 g/mol. The molecule has 16 heavy (non-hydrogen) atoms. The third-order valence-electron chi connectivity index (χ3n) is 2.12. The number of benzene rings is 1. The first kappa shape index (κ1) is 12.5. The number of rotatable bonds is 3. The zero-order chi connectivity index (χ0) is 12.5. The number of carboxylic acids is 1. The Hall–Kier alpha value is -1.59. The lowest BCUT2D eigenvalue weighted by Gasteiger charge is -2.12. The predicted octanol–water partition coefficient (Wildman–Crippen LogP) is 2.82. The molecule has 0 amide bonds. The Morgan fingerprint density at radius 1 is 1.25 bits per heavy atom. The van der Waals surface area contributed by atoms with Crippen molar-refractivity contribution in [2.75, 3.05) is 0 Å². The minimum atomic E-state index is -1.55. The highest BCUT2D eigenvalue weighted by molar-refractivity contribution is 5.68. The number of halogens is 4. The van der Waals surface area contributed by atoms with Gasteiger partial charge in [-0.1, -0.05) is 6.92 Å². The fourth-order valence-electron chi connectivity index (χ4n) is 1.39. The van der Waals surface area contributed by atoms with Crippen LogP contribution in [0.25, 0.3) is 0 Å². The molecule has 0 heterocycles. The van der Waals surface area contributed by atoms with Gasteiger partial charge in [-0.15, -0.1) is 0 Å². The molecule has 0 aromatic heterocycles. The first-order valence-corrected chi connectivity index (χ1v) is 4.39. The summed E-state index contributed by atoms with van der Waals surface area (Å²) < 4.78 is 51.9. The van der Waals surface area contributed by atoms with E-state index in [0.29, 0.717) is 0 Å². The van der Waals surface area contributed by atoms with Crippen molar-refractivity contribution in [2.24, 2.45) is 0 Å². The Kier molecular flexibility index (Phi) is 3.51. The number of hydrogen-bond donors (Lipinski definition) is 1. The van der Waals surface area contributed by atoms with Crippen LogP contribution in [0.2, 0.25) is 0 Å². The van der Waals surface area contributed by atoms with Crippen LogP contribution in [0.3, 0.4) is 0 Å². The van der Waals surface area contributed by atoms with Gasteiger partial charge in [-0.25, -0.2) is 17.6 Å². The van der Waals surface area contributed by atoms with Crippen molar-refractivity contribution < 1.29 is 27.5 Å². The highest BCUT2D eigenvalue weighted by atomic mass is 19.2. The van der Waals surface area contributed by atoms with Crippen LogP contribution < -0.4 is 0 Å². The average Bonchev–Trinajstić information content (AvgIpc) is 2.14. The molecule has 1 aromatic carbocycles. The summed E-state index contributed by atoms with van der Waals surface area (Å²) in [7, 11) is 0. The normalized spacial score (nSPS) is 12.6. The molecule has 0 saturated carbocycles. The van der Waals surface area contributed by atoms with E-state index in [9.17, 15) is 22.4 Å². The maximum Gasteiger partial charge on any atom is 0.303 e. The number of hydrogen-bond acceptors (Lipinski definition) is 1. The molecule has 1 N–H and O–H groups in total. The SMILES string of the molecule is CC(CC(=O)O)c1c(F)c(F)cc(F)c1F. The molecule has 1 atom stereocenters. The van der Waals surface area contributed by atoms with E-state index in [4.69, 9.17) is 5.11 Å². The van der Waals surface area contributed by atoms with Gasteiger partial charge < -0.3 is 5.11 Å². The van der Waals surface area contributed by atoms with Gasteiger partial charge >= 0.3 is 5.97 Å². The minimum absolute atomic E-state index is 0.0850. The number of aliphatic carboxylic acids is 1. The molecule has 0 radical (unpaired) electrons. The van der Waals surface area contributed by atoms with E-state index in [-0.39, 0.29) is 6.07 Å². The van der Waals surface area contributed by atoms with Crippen molar-refractivity contribution in [1.29, 1.82) is 0 Å². The minimum Gasteiger partial charge on any atom is -0.481 e. The molecule has 0 aliphatic carbocycles. The molecule has 1 aromatic rings. The average molecular weight is 236 g/mol. The van der Waals surface area contributed by atoms with Gasteiger partial charge in [-0.3, -0.25) is 4.79 Å². The Bertz CT molecular complexity index is 405. The molecule has 0 fully saturated rings. The van der Waals surface area contributed by atoms with Crippen LogP contribution in [0.1, 0.15) is 24.8 Å². The first-order valence-electron chi connectivity index (χ1n) is 4.39. The van der Waals surface area contributed by atoms with Gasteiger partial charge in [-0.2, -0.15) is 0 Å². The highest BCUT2D eigenvalue weighted by Crippen LogP contribution is 2.28. The Balaban J connectivity index is 3.26. The maximum atomic E-state index is 13.2. The summed E-state index contributed by atoms with van der Waals surface area (Å²) in [5, 5.41) is 8.43. The van der Waals surface area contributed by atoms with E-state index in [1.165, 1.54) is 6.92 Å². The third kappa shape index (κ3) is 2.32. The Morgan fingerprint density at radius 3 is 2.06 bits per heavy atom. The maximum absolute atomic E-state index is 13.2. The molecule has 88 valence electrons. The van der Waals surface area contributed by atoms with Crippen molar-refractivity contribution >= 4 is 5.97 Å². The van der Waals surface area contributed by atoms with Gasteiger partial charge in [-0.05, 0) is 5.92 Å². The molecule has 0 aliphatic rings. The molecule has 0 spiro atoms. The van der Waals surface area contributed by atoms with Gasteiger partial charge in [0.2, 0.25) is 0 Å². The van der Waals surface area contributed by atoms with Crippen molar-refractivity contribution in [3.63, 3.8) is 0 Å². The van der Waals surface area contributed by atoms with E-state index >= 15 is 0 Å². The second kappa shape index (κ2) is 4.51. The standard InChI is InChI=1S/C10H8F4O2/c1-4(2-7(15)16)8-9(13)5(11)3-6(12)10(8)14/h3-4H,2H2,1H3,(H,15,16). The molecule has 1 unspecified atom stereocenters. The molecular formula is C10H8F4O2. The molecule has 0 bridgehead atoms. The molecule has 0 aliphatic heterocycles. The van der Waals surface area contributed by atoms with Gasteiger partial charge in [0, 0.05) is 11.6 Å². The molecule has 0 saturated heterocycles. The van der Waals surface area contributed by atoms with Crippen LogP contribution in [-0.4, -0.2) is 11.1 Å². The number of carbonyl (C=O) groups is 1. The molecule has 1 rings (SSSR count). The highest BCUT2D eigenvalue weighted by Gasteiger charge is 2.24. The van der Waals surface area contributed by atoms with Crippen molar-refractivity contribution in [3.8, 4) is 0 Å². The van der Waals surface area contributed by atoms with E-state index in [1.807, 2.05) is 0 Å². The lowest BCUT2D eigenvalue weighted by molar-refractivity contribution is -0.137. The Labute approximate surface area is 88.5 Å². The largest absolute Gasteiger partial charge is 0.481 e. The summed E-state index contributed by atoms with van der Waals surface area (Å²) in [5.74, 6) is -8.63. The zero-order valence-electron chi connectivity index (χ0n) is 8.23. The fourth-order valence-corrected chi connectivity index (χ4v) is 1.39. The first-order chi connectivity index (χ1) is 7.34. The quantitative estimate of drug-likeness (QED) is 0.647. The third-order valence-corrected chi connectivity index (χ3v) is 2.12. The van der Waals surface area contributed by atoms with Crippen LogP contribution in [0.4, 0.5) is 17.6 Å². The lowest BCUT2D eigenvalue weighted by Crippen LogP contribution is -2.10. The van der Waals surface area contributed by atoms with E-state index < -0.39 is 47.1 Å². The van der Waals surface area contributed by atoms with Crippen LogP contribution in [0, 0.1) is 23.3 Å². The van der Waals surface area contributed by atoms with Gasteiger partial charge in [0.25, 0.3) is 0 Å². The van der Waals surface area contributed by atoms with Gasteiger partial charge in [0.1, 0.15) is 0 Å². The summed E-state index contributed by atoms with van der Waals surface area (Å²) in [6, 6.07) is 0.0850. The topological polar surface area (TPSA) is 37.3 Å². The van der Waals surface area contributed by atoms with E-state index in [2.05, 4.69) is 0 Å². The van der Waals surface area contributed by atoms with Crippen LogP contribution in [0.15, 0.2) is 6.07 Å². The van der Waals surface area contributed by atoms with Crippen molar-refractivity contribution in [3.05, 3.63) is 34.9 Å². The fraction of sp³-hybridized carbons (Fsp3) is 0.300. The van der Waals surface area contributed by atoms with Crippen LogP contribution >= 0.6 is 0 Å². The Morgan fingerprint density at radius 2 is 1.69 bits per heavy atom. The smallest absolute Gasteiger partial charge is 0.303 e. The summed E-state index contributed by atoms with van der Waals surface area (Å²) in [6.07, 6.45) is -0.614. The van der Waals surface area contributed by atoms with Gasteiger partial charge in [0.05, 0.1) is 6.42 Å². The molecule has 2 nitrogen and oxygen atoms in total. The second-order valence-electron chi connectivity index (χ2n) is 3.38. The summed E-state index contributed by atoms with van der Waals surface area (Å²) >= 11 is 0. The summed E-state index contributed by atoms with van der Waals surface area (Å²) in [4.78, 5) is 10.3. The zero-order valence-corrected chi connectivity index (χ0v) is 8.23. The summed E-state index contributed by atoms with van der Waals surface area (Å²) in [5.41, 5.74) is -0.875. The van der Waals surface area contributed by atoms with Crippen molar-refractivity contribution in [1.82, 2.24) is 0 Å².